The second-order valence-corrected chi connectivity index (χ2v) is 4.91. The highest BCUT2D eigenvalue weighted by Gasteiger charge is 2.10. The lowest BCUT2D eigenvalue weighted by Gasteiger charge is -2.02. The minimum atomic E-state index is 0.599. The van der Waals surface area contributed by atoms with Gasteiger partial charge >= 0.3 is 0 Å². The van der Waals surface area contributed by atoms with Gasteiger partial charge in [-0.1, -0.05) is 11.2 Å². The molecule has 0 aromatic carbocycles. The van der Waals surface area contributed by atoms with Crippen LogP contribution in [0.15, 0.2) is 28.4 Å². The van der Waals surface area contributed by atoms with Crippen LogP contribution in [0.1, 0.15) is 5.82 Å². The van der Waals surface area contributed by atoms with Crippen molar-refractivity contribution < 1.29 is 4.52 Å². The van der Waals surface area contributed by atoms with E-state index in [-0.39, 0.29) is 0 Å². The molecule has 3 rings (SSSR count). The second kappa shape index (κ2) is 4.83. The molecular weight excluding hydrogens is 270 g/mol. The maximum absolute atomic E-state index is 5.23. The van der Waals surface area contributed by atoms with Crippen LogP contribution in [0.5, 0.6) is 0 Å². The average Bonchev–Trinajstić information content (AvgIpc) is 3.08. The van der Waals surface area contributed by atoms with E-state index >= 15 is 0 Å². The van der Waals surface area contributed by atoms with E-state index in [0.29, 0.717) is 23.6 Å². The highest BCUT2D eigenvalue weighted by molar-refractivity contribution is 7.71. The zero-order chi connectivity index (χ0) is 12.4. The number of rotatable bonds is 4. The zero-order valence-corrected chi connectivity index (χ0v) is 10.9. The fraction of sp³-hybridized carbons (Fsp3) is 0.200. The Morgan fingerprint density at radius 2 is 2.44 bits per heavy atom. The number of H-pyrrole nitrogens is 1. The quantitative estimate of drug-likeness (QED) is 0.742. The molecule has 0 spiro atoms. The van der Waals surface area contributed by atoms with Crippen LogP contribution in [0.25, 0.3) is 10.7 Å². The molecule has 1 N–H and O–H groups in total. The molecule has 0 bridgehead atoms. The fourth-order valence-electron chi connectivity index (χ4n) is 1.63. The lowest BCUT2D eigenvalue weighted by Crippen LogP contribution is -2.04. The first kappa shape index (κ1) is 11.3. The van der Waals surface area contributed by atoms with Crippen LogP contribution in [0.4, 0.5) is 0 Å². The van der Waals surface area contributed by atoms with Gasteiger partial charge in [0.05, 0.1) is 4.88 Å². The van der Waals surface area contributed by atoms with Gasteiger partial charge < -0.3 is 4.52 Å². The van der Waals surface area contributed by atoms with E-state index < -0.39 is 0 Å². The van der Waals surface area contributed by atoms with Gasteiger partial charge in [0, 0.05) is 13.0 Å². The maximum Gasteiger partial charge on any atom is 0.213 e. The first-order chi connectivity index (χ1) is 8.84. The third kappa shape index (κ3) is 2.12. The molecule has 0 saturated heterocycles. The minimum absolute atomic E-state index is 0.599. The van der Waals surface area contributed by atoms with Crippen molar-refractivity contribution >= 4 is 23.6 Å². The number of nitrogens with one attached hydrogen (secondary N) is 1. The van der Waals surface area contributed by atoms with Crippen molar-refractivity contribution in [2.45, 2.75) is 13.0 Å². The number of hydrogen-bond acceptors (Lipinski definition) is 6. The van der Waals surface area contributed by atoms with E-state index in [4.69, 9.17) is 16.7 Å². The molecule has 3 aromatic heterocycles. The van der Waals surface area contributed by atoms with Gasteiger partial charge in [0.1, 0.15) is 0 Å². The minimum Gasteiger partial charge on any atom is -0.343 e. The number of nitrogens with zero attached hydrogens (tertiary/aromatic N) is 4. The van der Waals surface area contributed by atoms with Crippen molar-refractivity contribution in [1.29, 1.82) is 0 Å². The first-order valence-electron chi connectivity index (χ1n) is 5.29. The van der Waals surface area contributed by atoms with E-state index in [1.54, 1.807) is 11.3 Å². The summed E-state index contributed by atoms with van der Waals surface area (Å²) in [4.78, 5) is 5.06. The lowest BCUT2D eigenvalue weighted by molar-refractivity contribution is 0.408. The Kier molecular flexibility index (Phi) is 3.03. The molecular formula is C10H9N5OS2. The van der Waals surface area contributed by atoms with Gasteiger partial charge in [0.15, 0.2) is 16.4 Å². The summed E-state index contributed by atoms with van der Waals surface area (Å²) < 4.78 is 7.24. The molecule has 0 aliphatic rings. The molecule has 3 heterocycles. The standard InChI is InChI=1S/C10H9N5OS2/c17-10-13-12-9(7-2-1-5-18-7)15(10)4-3-8-11-6-16-14-8/h1-2,5-6H,3-4H2,(H,13,17). The molecule has 0 atom stereocenters. The Bertz CT molecular complexity index is 668. The highest BCUT2D eigenvalue weighted by atomic mass is 32.1. The molecule has 3 aromatic rings. The smallest absolute Gasteiger partial charge is 0.213 e. The number of thiophene rings is 1. The normalized spacial score (nSPS) is 10.9. The predicted molar refractivity (Wildman–Crippen MR) is 68.7 cm³/mol. The molecule has 0 saturated carbocycles. The molecule has 18 heavy (non-hydrogen) atoms. The van der Waals surface area contributed by atoms with Crippen molar-refractivity contribution in [3.63, 3.8) is 0 Å². The van der Waals surface area contributed by atoms with E-state index in [0.717, 1.165) is 10.7 Å². The van der Waals surface area contributed by atoms with Crippen molar-refractivity contribution in [2.24, 2.45) is 0 Å². The van der Waals surface area contributed by atoms with Crippen molar-refractivity contribution in [2.75, 3.05) is 0 Å². The Morgan fingerprint density at radius 3 is 3.17 bits per heavy atom. The largest absolute Gasteiger partial charge is 0.343 e. The summed E-state index contributed by atoms with van der Waals surface area (Å²) in [5.41, 5.74) is 0. The summed E-state index contributed by atoms with van der Waals surface area (Å²) in [5, 5.41) is 12.9. The number of aromatic amines is 1. The number of aromatic nitrogens is 5. The summed E-state index contributed by atoms with van der Waals surface area (Å²) in [6.07, 6.45) is 1.98. The molecule has 8 heteroatoms. The zero-order valence-electron chi connectivity index (χ0n) is 9.24. The molecule has 0 aliphatic carbocycles. The van der Waals surface area contributed by atoms with Gasteiger partial charge in [-0.25, -0.2) is 0 Å². The maximum atomic E-state index is 5.23. The van der Waals surface area contributed by atoms with E-state index in [1.165, 1.54) is 6.39 Å². The Hall–Kier alpha value is -1.80. The van der Waals surface area contributed by atoms with Gasteiger partial charge in [-0.15, -0.1) is 11.3 Å². The SMILES string of the molecule is S=c1[nH]nc(-c2cccs2)n1CCc1ncon1. The van der Waals surface area contributed by atoms with Crippen molar-refractivity contribution in [3.05, 3.63) is 34.5 Å². The van der Waals surface area contributed by atoms with E-state index in [2.05, 4.69) is 20.3 Å². The summed E-state index contributed by atoms with van der Waals surface area (Å²) >= 11 is 6.85. The van der Waals surface area contributed by atoms with Crippen LogP contribution in [-0.4, -0.2) is 24.9 Å². The van der Waals surface area contributed by atoms with Crippen LogP contribution in [0, 0.1) is 4.77 Å². The van der Waals surface area contributed by atoms with Gasteiger partial charge in [0.25, 0.3) is 0 Å². The van der Waals surface area contributed by atoms with Crippen LogP contribution >= 0.6 is 23.6 Å². The third-order valence-electron chi connectivity index (χ3n) is 2.47. The Morgan fingerprint density at radius 1 is 1.50 bits per heavy atom. The molecule has 92 valence electrons. The number of hydrogen-bond donors (Lipinski definition) is 1. The molecule has 0 radical (unpaired) electrons. The van der Waals surface area contributed by atoms with Gasteiger partial charge in [-0.05, 0) is 23.7 Å². The van der Waals surface area contributed by atoms with Crippen molar-refractivity contribution in [3.8, 4) is 10.7 Å². The third-order valence-corrected chi connectivity index (χ3v) is 3.64. The van der Waals surface area contributed by atoms with E-state index in [9.17, 15) is 0 Å². The highest BCUT2D eigenvalue weighted by Crippen LogP contribution is 2.22. The Balaban J connectivity index is 1.87. The molecule has 6 nitrogen and oxygen atoms in total. The predicted octanol–water partition coefficient (Wildman–Crippen LogP) is 2.29. The summed E-state index contributed by atoms with van der Waals surface area (Å²) in [7, 11) is 0. The summed E-state index contributed by atoms with van der Waals surface area (Å²) in [5.74, 6) is 1.51. The summed E-state index contributed by atoms with van der Waals surface area (Å²) in [6, 6.07) is 4.00. The lowest BCUT2D eigenvalue weighted by atomic mass is 10.4. The second-order valence-electron chi connectivity index (χ2n) is 3.58. The fourth-order valence-corrected chi connectivity index (χ4v) is 2.58. The van der Waals surface area contributed by atoms with Gasteiger partial charge in [0.2, 0.25) is 6.39 Å². The van der Waals surface area contributed by atoms with E-state index in [1.807, 2.05) is 22.1 Å². The topological polar surface area (TPSA) is 72.5 Å². The van der Waals surface area contributed by atoms with Crippen LogP contribution < -0.4 is 0 Å². The van der Waals surface area contributed by atoms with Gasteiger partial charge in [-0.3, -0.25) is 9.67 Å². The average molecular weight is 279 g/mol. The Labute approximate surface area is 111 Å². The molecule has 0 fully saturated rings. The number of aryl methyl sites for hydroxylation is 1. The molecule has 0 amide bonds. The molecule has 0 unspecified atom stereocenters. The van der Waals surface area contributed by atoms with Crippen LogP contribution in [-0.2, 0) is 13.0 Å². The van der Waals surface area contributed by atoms with Crippen molar-refractivity contribution in [1.82, 2.24) is 24.9 Å². The monoisotopic (exact) mass is 279 g/mol. The molecule has 0 aliphatic heterocycles. The summed E-state index contributed by atoms with van der Waals surface area (Å²) in [6.45, 7) is 0.669. The van der Waals surface area contributed by atoms with Crippen LogP contribution in [0.2, 0.25) is 0 Å². The first-order valence-corrected chi connectivity index (χ1v) is 6.58. The van der Waals surface area contributed by atoms with Gasteiger partial charge in [-0.2, -0.15) is 10.1 Å². The van der Waals surface area contributed by atoms with Crippen LogP contribution in [0.3, 0.4) is 0 Å².